The SMILES string of the molecule is COC(=O)[C@H](Cc1ccccc1)NC(=O)[C@H](CC1CCCCC1)NC(=O)C12C[C@@H]3C[C@@H](CC(NC(=O)[C@H](Cc4cn(C)cn4)NC(=O)OC(C)(C)C)(C3)C1)C2. The van der Waals surface area contributed by atoms with Crippen LogP contribution < -0.4 is 21.3 Å². The third kappa shape index (κ3) is 10.3. The molecule has 55 heavy (non-hydrogen) atoms. The van der Waals surface area contributed by atoms with Crippen molar-refractivity contribution in [2.45, 2.75) is 140 Å². The van der Waals surface area contributed by atoms with E-state index in [2.05, 4.69) is 26.3 Å². The lowest BCUT2D eigenvalue weighted by atomic mass is 9.46. The fraction of sp³-hybridized carbons (Fsp3) is 0.667. The summed E-state index contributed by atoms with van der Waals surface area (Å²) >= 11 is 0. The second kappa shape index (κ2) is 16.8. The molecule has 4 amide bonds. The summed E-state index contributed by atoms with van der Waals surface area (Å²) in [6, 6.07) is 6.80. The minimum absolute atomic E-state index is 0.161. The highest BCUT2D eigenvalue weighted by Crippen LogP contribution is 2.61. The van der Waals surface area contributed by atoms with Crippen LogP contribution in [-0.2, 0) is 48.5 Å². The Morgan fingerprint density at radius 2 is 1.56 bits per heavy atom. The number of methoxy groups -OCH3 is 1. The van der Waals surface area contributed by atoms with Crippen LogP contribution in [-0.4, -0.2) is 75.7 Å². The minimum Gasteiger partial charge on any atom is -0.467 e. The maximum atomic E-state index is 14.7. The predicted molar refractivity (Wildman–Crippen MR) is 205 cm³/mol. The van der Waals surface area contributed by atoms with E-state index in [1.54, 1.807) is 31.7 Å². The van der Waals surface area contributed by atoms with Gasteiger partial charge in [0, 0.05) is 31.6 Å². The molecule has 5 aliphatic rings. The highest BCUT2D eigenvalue weighted by atomic mass is 16.6. The van der Waals surface area contributed by atoms with E-state index in [-0.39, 0.29) is 48.3 Å². The Labute approximate surface area is 324 Å². The van der Waals surface area contributed by atoms with Gasteiger partial charge in [-0.05, 0) is 89.0 Å². The van der Waals surface area contributed by atoms with Crippen LogP contribution in [0.1, 0.15) is 109 Å². The lowest BCUT2D eigenvalue weighted by molar-refractivity contribution is -0.155. The first-order valence-electron chi connectivity index (χ1n) is 20.1. The molecule has 5 fully saturated rings. The zero-order chi connectivity index (χ0) is 39.4. The molecular formula is C42H60N6O7. The highest BCUT2D eigenvalue weighted by molar-refractivity contribution is 5.93. The number of benzene rings is 1. The Balaban J connectivity index is 1.20. The molecule has 4 N–H and O–H groups in total. The van der Waals surface area contributed by atoms with Gasteiger partial charge < -0.3 is 35.3 Å². The Bertz CT molecular complexity index is 1680. The lowest BCUT2D eigenvalue weighted by Gasteiger charge is -2.61. The maximum Gasteiger partial charge on any atom is 0.408 e. The van der Waals surface area contributed by atoms with Gasteiger partial charge in [0.15, 0.2) is 0 Å². The number of nitrogens with one attached hydrogen (secondary N) is 4. The summed E-state index contributed by atoms with van der Waals surface area (Å²) in [6.45, 7) is 5.31. The second-order valence-corrected chi connectivity index (χ2v) is 18.0. The molecule has 1 heterocycles. The molecule has 2 aromatic rings. The monoisotopic (exact) mass is 760 g/mol. The number of carbonyl (C=O) groups is 5. The van der Waals surface area contributed by atoms with Crippen molar-refractivity contribution in [2.75, 3.05) is 7.11 Å². The normalized spacial score (nSPS) is 26.3. The molecule has 7 rings (SSSR count). The first kappa shape index (κ1) is 40.2. The van der Waals surface area contributed by atoms with Crippen LogP contribution in [0.5, 0.6) is 0 Å². The topological polar surface area (TPSA) is 170 Å². The van der Waals surface area contributed by atoms with Crippen molar-refractivity contribution in [1.82, 2.24) is 30.8 Å². The molecule has 5 aliphatic carbocycles. The molecule has 0 saturated heterocycles. The van der Waals surface area contributed by atoms with Crippen molar-refractivity contribution in [3.05, 3.63) is 54.1 Å². The average molecular weight is 761 g/mol. The van der Waals surface area contributed by atoms with E-state index in [9.17, 15) is 24.0 Å². The first-order valence-corrected chi connectivity index (χ1v) is 20.1. The molecular weight excluding hydrogens is 700 g/mol. The largest absolute Gasteiger partial charge is 0.467 e. The van der Waals surface area contributed by atoms with Gasteiger partial charge in [-0.1, -0.05) is 62.4 Å². The van der Waals surface area contributed by atoms with Crippen molar-refractivity contribution in [3.63, 3.8) is 0 Å². The molecule has 300 valence electrons. The first-order chi connectivity index (χ1) is 26.1. The number of amides is 4. The number of aryl methyl sites for hydroxylation is 1. The van der Waals surface area contributed by atoms with Crippen molar-refractivity contribution in [1.29, 1.82) is 0 Å². The predicted octanol–water partition coefficient (Wildman–Crippen LogP) is 4.67. The van der Waals surface area contributed by atoms with Gasteiger partial charge in [0.05, 0.1) is 24.5 Å². The fourth-order valence-electron chi connectivity index (χ4n) is 10.2. The molecule has 0 spiro atoms. The number of alkyl carbamates (subject to hydrolysis) is 1. The zero-order valence-corrected chi connectivity index (χ0v) is 33.2. The Kier molecular flexibility index (Phi) is 12.3. The van der Waals surface area contributed by atoms with Crippen molar-refractivity contribution in [3.8, 4) is 0 Å². The fourth-order valence-corrected chi connectivity index (χ4v) is 10.2. The van der Waals surface area contributed by atoms with Crippen LogP contribution in [0.4, 0.5) is 4.79 Å². The number of hydrogen-bond acceptors (Lipinski definition) is 8. The molecule has 5 saturated carbocycles. The van der Waals surface area contributed by atoms with E-state index in [0.717, 1.165) is 56.9 Å². The number of nitrogens with zero attached hydrogens (tertiary/aromatic N) is 2. The van der Waals surface area contributed by atoms with E-state index in [1.807, 2.05) is 43.6 Å². The van der Waals surface area contributed by atoms with Gasteiger partial charge in [0.1, 0.15) is 23.7 Å². The van der Waals surface area contributed by atoms with E-state index < -0.39 is 46.7 Å². The molecule has 13 nitrogen and oxygen atoms in total. The van der Waals surface area contributed by atoms with Crippen LogP contribution in [0.25, 0.3) is 0 Å². The summed E-state index contributed by atoms with van der Waals surface area (Å²) in [6.07, 6.45) is 13.4. The number of imidazole rings is 1. The minimum atomic E-state index is -0.940. The molecule has 1 aromatic carbocycles. The number of carbonyl (C=O) groups excluding carboxylic acids is 5. The van der Waals surface area contributed by atoms with Gasteiger partial charge in [0.2, 0.25) is 17.7 Å². The van der Waals surface area contributed by atoms with Crippen LogP contribution >= 0.6 is 0 Å². The number of aromatic nitrogens is 2. The molecule has 0 aliphatic heterocycles. The van der Waals surface area contributed by atoms with Gasteiger partial charge in [-0.25, -0.2) is 14.6 Å². The van der Waals surface area contributed by atoms with Gasteiger partial charge in [0.25, 0.3) is 0 Å². The van der Waals surface area contributed by atoms with Gasteiger partial charge >= 0.3 is 12.1 Å². The number of ether oxygens (including phenoxy) is 2. The van der Waals surface area contributed by atoms with Gasteiger partial charge in [-0.3, -0.25) is 14.4 Å². The number of esters is 1. The van der Waals surface area contributed by atoms with Crippen LogP contribution in [0, 0.1) is 23.2 Å². The standard InChI is InChI=1S/C42H60N6O7/c1-40(2,3)55-39(53)46-33(19-31-24-48(4)26-43-31)36(50)47-42-22-29-16-30(23-42)21-41(20-29,25-42)38(52)45-32(17-27-12-8-6-9-13-27)35(49)44-34(37(51)54-5)18-28-14-10-7-11-15-28/h7,10-11,14-15,24,26-27,29-30,32-34H,6,8-9,12-13,16-23,25H2,1-5H3,(H,44,49)(H,45,52)(H,46,53)(H,47,50)/t29-,30+,32-,33-,34-,41?,42?/m0/s1. The Hall–Kier alpha value is -4.42. The molecule has 1 aromatic heterocycles. The lowest BCUT2D eigenvalue weighted by Crippen LogP contribution is -2.68. The smallest absolute Gasteiger partial charge is 0.408 e. The third-order valence-corrected chi connectivity index (χ3v) is 12.1. The number of hydrogen-bond donors (Lipinski definition) is 4. The van der Waals surface area contributed by atoms with Crippen molar-refractivity contribution in [2.24, 2.45) is 30.2 Å². The molecule has 4 bridgehead atoms. The third-order valence-electron chi connectivity index (χ3n) is 12.1. The van der Waals surface area contributed by atoms with Crippen molar-refractivity contribution < 1.29 is 33.4 Å². The molecule has 7 atom stereocenters. The zero-order valence-electron chi connectivity index (χ0n) is 33.2. The summed E-state index contributed by atoms with van der Waals surface area (Å²) in [5.41, 5.74) is -0.605. The summed E-state index contributed by atoms with van der Waals surface area (Å²) in [5, 5.41) is 12.3. The maximum absolute atomic E-state index is 14.7. The van der Waals surface area contributed by atoms with E-state index in [0.29, 0.717) is 31.4 Å². The summed E-state index contributed by atoms with van der Waals surface area (Å²) in [5.74, 6) is -0.668. The van der Waals surface area contributed by atoms with Crippen LogP contribution in [0.3, 0.4) is 0 Å². The highest BCUT2D eigenvalue weighted by Gasteiger charge is 2.61. The van der Waals surface area contributed by atoms with E-state index in [1.165, 1.54) is 7.11 Å². The van der Waals surface area contributed by atoms with E-state index >= 15 is 0 Å². The summed E-state index contributed by atoms with van der Waals surface area (Å²) < 4.78 is 12.4. The summed E-state index contributed by atoms with van der Waals surface area (Å²) in [4.78, 5) is 73.4. The van der Waals surface area contributed by atoms with Gasteiger partial charge in [-0.2, -0.15) is 0 Å². The van der Waals surface area contributed by atoms with Gasteiger partial charge in [-0.15, -0.1) is 0 Å². The average Bonchev–Trinajstić information content (AvgIpc) is 3.53. The van der Waals surface area contributed by atoms with Crippen molar-refractivity contribution >= 4 is 29.8 Å². The summed E-state index contributed by atoms with van der Waals surface area (Å²) in [7, 11) is 3.15. The van der Waals surface area contributed by atoms with E-state index in [4.69, 9.17) is 9.47 Å². The molecule has 0 radical (unpaired) electrons. The van der Waals surface area contributed by atoms with Crippen LogP contribution in [0.15, 0.2) is 42.9 Å². The quantitative estimate of drug-likeness (QED) is 0.202. The Morgan fingerprint density at radius 1 is 0.873 bits per heavy atom. The second-order valence-electron chi connectivity index (χ2n) is 18.0. The number of rotatable bonds is 14. The Morgan fingerprint density at radius 3 is 2.18 bits per heavy atom. The van der Waals surface area contributed by atoms with Crippen LogP contribution in [0.2, 0.25) is 0 Å². The molecule has 2 unspecified atom stereocenters. The molecule has 13 heteroatoms.